The average Bonchev–Trinajstić information content (AvgIpc) is 0.747. The van der Waals surface area contributed by atoms with Crippen LogP contribution in [0.4, 0.5) is 0 Å². The van der Waals surface area contributed by atoms with Gasteiger partial charge in [-0.05, 0) is 0 Å². The maximum Gasteiger partial charge on any atom is 0.364 e. The number of carbonyl (C=O) groups excluding carboxylic acids is 5. The highest BCUT2D eigenvalue weighted by molar-refractivity contribution is 5.77. The van der Waals surface area contributed by atoms with Crippen LogP contribution in [0.15, 0.2) is 0 Å². The number of rotatable bonds is 43. The predicted octanol–water partition coefficient (Wildman–Crippen LogP) is -25.4. The molecule has 10 aliphatic heterocycles. The minimum atomic E-state index is -3.36. The van der Waals surface area contributed by atoms with E-state index in [4.69, 9.17) is 94.7 Å². The number of nitrogens with one attached hydrogen (secondary N) is 5. The third-order valence-corrected chi connectivity index (χ3v) is 25.6. The highest BCUT2D eigenvalue weighted by atomic mass is 16.8. The van der Waals surface area contributed by atoms with Gasteiger partial charge in [0.25, 0.3) is 5.79 Å². The highest BCUT2D eigenvalue weighted by Gasteiger charge is 2.65. The first-order chi connectivity index (χ1) is 67.5. The zero-order valence-corrected chi connectivity index (χ0v) is 76.7. The first-order valence-electron chi connectivity index (χ1n) is 45.2. The molecule has 828 valence electrons. The lowest BCUT2D eigenvalue weighted by Gasteiger charge is -2.51. The van der Waals surface area contributed by atoms with Crippen molar-refractivity contribution < 1.29 is 292 Å². The maximum absolute atomic E-state index is 13.5. The van der Waals surface area contributed by atoms with Crippen LogP contribution in [0.2, 0.25) is 0 Å². The second kappa shape index (κ2) is 52.7. The summed E-state index contributed by atoms with van der Waals surface area (Å²) >= 11 is 0. The summed E-state index contributed by atoms with van der Waals surface area (Å²) in [6.45, 7) is -10.1. The Bertz CT molecular complexity index is 3970. The molecule has 0 aliphatic carbocycles. The van der Waals surface area contributed by atoms with Crippen LogP contribution in [0.3, 0.4) is 0 Å². The van der Waals surface area contributed by atoms with Gasteiger partial charge in [0.05, 0.1) is 91.4 Å². The Kier molecular flexibility index (Phi) is 44.0. The SMILES string of the molecule is CC(=O)N[C@H]1[C@H](OC[C@H]2O[C@@H](O[C@@H]([C@H](O)[C@@H](O)CO)[C@H](O)CO)[C@H](O)[C@@H](O[C@@H]3O[C@H](CO)[C@@H](O[C@@H]4O[C@H](CO[C@@H]5O[C@H](CO)[C@@H](O[C@@H]6O[C@H](CO)[C@H](O)[C@H](O)[C@H]6O)[C@H](O)[C@H]5NC(C)=O)[C@H](O)[C@H](O[C@@H]5O[C@H](CO)[C@@H](O[C@@H]6O[C@H](CO)[C@H](O)[C@H](O[C@]7(C(=O)O)C[C@H](O)[C@@H](NC(C)=O)[C@H]([C@H](O)[C@H](O)CO)O7)[C@H]6O)[C@H](O)[C@H]5NC(C)=O)[C@H]4O)[C@H](O)[C@H]3NC(C)=O)[C@H]2O)O[C@H](CO)[C@@H](O[C@@H]2O[C@H](CO)[C@H](O)[C@H](O)[C@H]2O)[C@@H]1O. The Labute approximate surface area is 808 Å². The topological polar surface area (TPSA) is 1010 Å². The highest BCUT2D eigenvalue weighted by Crippen LogP contribution is 2.43. The van der Waals surface area contributed by atoms with Crippen LogP contribution in [0.25, 0.3) is 0 Å². The number of ether oxygens (including phenoxy) is 20. The van der Waals surface area contributed by atoms with E-state index in [1.54, 1.807) is 0 Å². The van der Waals surface area contributed by atoms with Gasteiger partial charge in [-0.1, -0.05) is 0 Å². The quantitative estimate of drug-likeness (QED) is 0.0270. The van der Waals surface area contributed by atoms with Crippen LogP contribution in [0, 0.1) is 0 Å². The largest absolute Gasteiger partial charge is 0.477 e. The van der Waals surface area contributed by atoms with Crippen LogP contribution in [0.1, 0.15) is 41.0 Å². The van der Waals surface area contributed by atoms with Gasteiger partial charge in [0.1, 0.15) is 262 Å². The summed E-state index contributed by atoms with van der Waals surface area (Å²) in [5.74, 6) is -10.6. The lowest BCUT2D eigenvalue weighted by molar-refractivity contribution is -0.392. The van der Waals surface area contributed by atoms with Crippen molar-refractivity contribution in [3.8, 4) is 0 Å². The molecule has 5 amide bonds. The van der Waals surface area contributed by atoms with Crippen LogP contribution in [-0.4, -0.2) is 620 Å². The predicted molar refractivity (Wildman–Crippen MR) is 440 cm³/mol. The Morgan fingerprint density at radius 1 is 0.301 bits per heavy atom. The Hall–Kier alpha value is -5.26. The molecular formula is C79H133N5O59. The summed E-state index contributed by atoms with van der Waals surface area (Å²) in [7, 11) is 0. The number of hydrogen-bond donors (Lipinski definition) is 38. The van der Waals surface area contributed by atoms with Crippen molar-refractivity contribution in [1.82, 2.24) is 26.6 Å². The number of carboxylic acids is 1. The van der Waals surface area contributed by atoms with Gasteiger partial charge in [-0.2, -0.15) is 0 Å². The molecule has 0 radical (unpaired) electrons. The van der Waals surface area contributed by atoms with E-state index in [-0.39, 0.29) is 0 Å². The zero-order valence-electron chi connectivity index (χ0n) is 76.7. The van der Waals surface area contributed by atoms with E-state index in [9.17, 15) is 197 Å². The molecule has 38 N–H and O–H groups in total. The minimum absolute atomic E-state index is 0.828. The van der Waals surface area contributed by atoms with Gasteiger partial charge in [-0.15, -0.1) is 0 Å². The van der Waals surface area contributed by atoms with Crippen LogP contribution in [0.5, 0.6) is 0 Å². The third-order valence-electron chi connectivity index (χ3n) is 25.6. The van der Waals surface area contributed by atoms with E-state index in [0.29, 0.717) is 0 Å². The lowest BCUT2D eigenvalue weighted by atomic mass is 9.88. The summed E-state index contributed by atoms with van der Waals surface area (Å²) in [6.07, 6.45) is -110. The molecule has 0 bridgehead atoms. The fourth-order valence-corrected chi connectivity index (χ4v) is 18.1. The molecule has 0 aromatic carbocycles. The van der Waals surface area contributed by atoms with E-state index in [1.165, 1.54) is 0 Å². The number of aliphatic hydroxyl groups is 32. The van der Waals surface area contributed by atoms with Crippen molar-refractivity contribution in [3.63, 3.8) is 0 Å². The second-order valence-corrected chi connectivity index (χ2v) is 35.7. The van der Waals surface area contributed by atoms with Crippen molar-refractivity contribution in [3.05, 3.63) is 0 Å². The van der Waals surface area contributed by atoms with Crippen molar-refractivity contribution in [2.45, 2.75) is 378 Å². The van der Waals surface area contributed by atoms with Gasteiger partial charge in [0.15, 0.2) is 56.6 Å². The van der Waals surface area contributed by atoms with Gasteiger partial charge in [-0.25, -0.2) is 4.79 Å². The molecular weight excluding hydrogens is 1960 g/mol. The number of amides is 5. The number of aliphatic carboxylic acids is 1. The first-order valence-corrected chi connectivity index (χ1v) is 45.2. The molecule has 10 fully saturated rings. The van der Waals surface area contributed by atoms with E-state index >= 15 is 0 Å². The molecule has 0 unspecified atom stereocenters. The molecule has 64 heteroatoms. The molecule has 10 saturated heterocycles. The van der Waals surface area contributed by atoms with E-state index in [1.807, 2.05) is 0 Å². The first kappa shape index (κ1) is 120. The molecule has 0 saturated carbocycles. The summed E-state index contributed by atoms with van der Waals surface area (Å²) < 4.78 is 118. The van der Waals surface area contributed by atoms with Crippen molar-refractivity contribution in [2.24, 2.45) is 0 Å². The number of carboxylic acid groups (broad SMARTS) is 1. The second-order valence-electron chi connectivity index (χ2n) is 35.7. The fraction of sp³-hybridized carbons (Fsp3) is 0.924. The number of hydrogen-bond acceptors (Lipinski definition) is 58. The zero-order chi connectivity index (χ0) is 106. The smallest absolute Gasteiger partial charge is 0.364 e. The normalized spacial score (nSPS) is 45.5. The molecule has 55 atom stereocenters. The van der Waals surface area contributed by atoms with Crippen molar-refractivity contribution >= 4 is 35.5 Å². The Balaban J connectivity index is 0.972. The van der Waals surface area contributed by atoms with E-state index in [2.05, 4.69) is 26.6 Å². The van der Waals surface area contributed by atoms with Crippen LogP contribution >= 0.6 is 0 Å². The molecule has 10 rings (SSSR count). The van der Waals surface area contributed by atoms with Gasteiger partial charge in [-0.3, -0.25) is 24.0 Å². The molecule has 0 spiro atoms. The van der Waals surface area contributed by atoms with Gasteiger partial charge in [0.2, 0.25) is 29.5 Å². The van der Waals surface area contributed by atoms with Gasteiger partial charge in [0, 0.05) is 41.0 Å². The van der Waals surface area contributed by atoms with Crippen molar-refractivity contribution in [2.75, 3.05) is 79.3 Å². The summed E-state index contributed by atoms with van der Waals surface area (Å²) in [4.78, 5) is 78.5. The standard InChI is InChI=1S/C79H133N5O59/c1-19(95)80-37-24(100)6-79(78(122)123,142-65(37)43(105)26(102)8-86)143-68-46(108)30(12-90)128-77(59(68)121)139-64-34(16-94)132-72(41(52(64)114)84-23(5)99)141-67-48(110)36(18-125-70-39(82-21(3)97)50(112)62(32(14-92)130-70)137-74-56(118)54(116)45(107)29(11-89)127-74)134-76(58(67)120)138-63-33(15-93)131-71(40(51(63)113)83-22(4)98)140-66-47(109)35(133-75(57(66)119)135-60(27(103)9-87)42(104)25(101)7-85)17-124-69-38(81-20(2)96)49(111)61(31(13-91)129-69)136-73-55(117)53(115)44(106)28(10-88)126-73/h24-77,85-94,100-121H,6-18H2,1-5H3,(H,80,95)(H,81,96)(H,82,97)(H,83,98)(H,84,99)(H,122,123)/t24-,25-,26+,27+,28+,29+,30+,31+,32+,33+,34+,35+,36+,37+,38+,39+,40+,41+,42+,43+,44-,45-,46-,47-,48-,49+,50+,51+,52+,53-,54-,55+,56+,57+,58+,59+,60+,61+,62+,63+,64+,65+,66-,67-,68-,69+,70+,71-,72-,73-,74-,75-,76-,77-,79-/m0/s1. The summed E-state index contributed by atoms with van der Waals surface area (Å²) in [5.41, 5.74) is 0. The van der Waals surface area contributed by atoms with Gasteiger partial charge < -0.3 is 290 Å². The molecule has 64 nitrogen and oxygen atoms in total. The molecule has 143 heavy (non-hydrogen) atoms. The third kappa shape index (κ3) is 27.3. The van der Waals surface area contributed by atoms with Crippen LogP contribution < -0.4 is 26.6 Å². The Morgan fingerprint density at radius 2 is 0.580 bits per heavy atom. The maximum atomic E-state index is 13.5. The number of aliphatic hydroxyl groups excluding tert-OH is 32. The monoisotopic (exact) mass is 2100 g/mol. The van der Waals surface area contributed by atoms with Crippen LogP contribution in [-0.2, 0) is 124 Å². The van der Waals surface area contributed by atoms with Crippen molar-refractivity contribution in [1.29, 1.82) is 0 Å². The molecule has 0 aromatic heterocycles. The summed E-state index contributed by atoms with van der Waals surface area (Å²) in [6, 6.07) is -10.0. The molecule has 10 heterocycles. The van der Waals surface area contributed by atoms with E-state index < -0.39 is 458 Å². The number of carbonyl (C=O) groups is 6. The van der Waals surface area contributed by atoms with Gasteiger partial charge >= 0.3 is 5.97 Å². The summed E-state index contributed by atoms with van der Waals surface area (Å²) in [5, 5.41) is 379. The molecule has 10 aliphatic rings. The average molecular weight is 2100 g/mol. The minimum Gasteiger partial charge on any atom is -0.477 e. The van der Waals surface area contributed by atoms with E-state index in [0.717, 1.165) is 34.6 Å². The fourth-order valence-electron chi connectivity index (χ4n) is 18.1. The Morgan fingerprint density at radius 3 is 0.916 bits per heavy atom. The lowest BCUT2D eigenvalue weighted by Crippen LogP contribution is -2.71. The molecule has 0 aromatic rings.